The molecule has 2 aromatic rings. The van der Waals surface area contributed by atoms with Crippen LogP contribution >= 0.6 is 11.6 Å². The van der Waals surface area contributed by atoms with E-state index in [2.05, 4.69) is 5.32 Å². The van der Waals surface area contributed by atoms with Gasteiger partial charge in [-0.2, -0.15) is 0 Å². The molecule has 1 aliphatic rings. The molecule has 0 fully saturated rings. The number of anilines is 1. The molecule has 1 amide bonds. The Kier molecular flexibility index (Phi) is 5.66. The van der Waals surface area contributed by atoms with Gasteiger partial charge in [-0.1, -0.05) is 11.6 Å². The van der Waals surface area contributed by atoms with E-state index in [9.17, 15) is 14.9 Å². The van der Waals surface area contributed by atoms with Crippen molar-refractivity contribution in [1.29, 1.82) is 0 Å². The summed E-state index contributed by atoms with van der Waals surface area (Å²) in [4.78, 5) is 22.8. The van der Waals surface area contributed by atoms with Crippen LogP contribution in [-0.2, 0) is 11.2 Å². The van der Waals surface area contributed by atoms with E-state index in [-0.39, 0.29) is 23.7 Å². The van der Waals surface area contributed by atoms with Crippen LogP contribution in [0.4, 0.5) is 11.4 Å². The van der Waals surface area contributed by atoms with Crippen molar-refractivity contribution < 1.29 is 23.9 Å². The lowest BCUT2D eigenvalue weighted by atomic mass is 10.1. The first kappa shape index (κ1) is 18.8. The van der Waals surface area contributed by atoms with Gasteiger partial charge in [-0.3, -0.25) is 14.9 Å². The van der Waals surface area contributed by atoms with Gasteiger partial charge in [0, 0.05) is 18.6 Å². The second-order valence-electron chi connectivity index (χ2n) is 5.82. The lowest BCUT2D eigenvalue weighted by Crippen LogP contribution is -2.15. The lowest BCUT2D eigenvalue weighted by Gasteiger charge is -2.13. The van der Waals surface area contributed by atoms with E-state index in [4.69, 9.17) is 25.8 Å². The Balaban J connectivity index is 1.78. The number of halogens is 1. The molecule has 0 radical (unpaired) electrons. The molecule has 0 saturated heterocycles. The molecule has 1 heterocycles. The van der Waals surface area contributed by atoms with Gasteiger partial charge in [-0.05, 0) is 23.8 Å². The minimum absolute atomic E-state index is 0.00219. The molecule has 2 aromatic carbocycles. The Morgan fingerprint density at radius 1 is 1.30 bits per heavy atom. The molecule has 0 aliphatic carbocycles. The van der Waals surface area contributed by atoms with Crippen LogP contribution in [0.1, 0.15) is 12.0 Å². The van der Waals surface area contributed by atoms with E-state index in [1.807, 2.05) is 0 Å². The monoisotopic (exact) mass is 392 g/mol. The summed E-state index contributed by atoms with van der Waals surface area (Å²) in [6.07, 6.45) is 0.746. The smallest absolute Gasteiger partial charge is 0.271 e. The zero-order chi connectivity index (χ0) is 19.4. The zero-order valence-electron chi connectivity index (χ0n) is 14.5. The van der Waals surface area contributed by atoms with E-state index in [1.54, 1.807) is 12.1 Å². The number of amides is 1. The molecular weight excluding hydrogens is 376 g/mol. The molecule has 27 heavy (non-hydrogen) atoms. The summed E-state index contributed by atoms with van der Waals surface area (Å²) in [5, 5.41) is 13.9. The van der Waals surface area contributed by atoms with E-state index in [1.165, 1.54) is 25.3 Å². The standard InChI is InChI=1S/C18H17ClN2O6/c1-25-15-4-3-12(21(23)24)10-14(15)20-17(22)9-11-7-13(19)18-16(8-11)26-5-2-6-27-18/h3-4,7-8,10H,2,5-6,9H2,1H3,(H,20,22). The maximum atomic E-state index is 12.4. The molecule has 1 N–H and O–H groups in total. The highest BCUT2D eigenvalue weighted by Crippen LogP contribution is 2.38. The molecule has 0 bridgehead atoms. The lowest BCUT2D eigenvalue weighted by molar-refractivity contribution is -0.384. The number of hydrogen-bond donors (Lipinski definition) is 1. The summed E-state index contributed by atoms with van der Waals surface area (Å²) in [7, 11) is 1.42. The van der Waals surface area contributed by atoms with E-state index in [0.717, 1.165) is 6.42 Å². The minimum atomic E-state index is -0.543. The van der Waals surface area contributed by atoms with Gasteiger partial charge in [0.1, 0.15) is 5.75 Å². The minimum Gasteiger partial charge on any atom is -0.495 e. The molecule has 0 saturated carbocycles. The SMILES string of the molecule is COc1ccc([N+](=O)[O-])cc1NC(=O)Cc1cc(Cl)c2c(c1)OCCCO2. The van der Waals surface area contributed by atoms with Crippen molar-refractivity contribution in [3.8, 4) is 17.2 Å². The summed E-state index contributed by atoms with van der Waals surface area (Å²) in [6, 6.07) is 7.32. The van der Waals surface area contributed by atoms with Crippen molar-refractivity contribution in [1.82, 2.24) is 0 Å². The highest BCUT2D eigenvalue weighted by molar-refractivity contribution is 6.32. The molecule has 0 aromatic heterocycles. The largest absolute Gasteiger partial charge is 0.495 e. The number of nitro groups is 1. The molecule has 3 rings (SSSR count). The number of non-ortho nitro benzene ring substituents is 1. The van der Waals surface area contributed by atoms with Gasteiger partial charge in [-0.15, -0.1) is 0 Å². The van der Waals surface area contributed by atoms with Gasteiger partial charge in [0.05, 0.1) is 42.4 Å². The summed E-state index contributed by atoms with van der Waals surface area (Å²) in [6.45, 7) is 1.02. The van der Waals surface area contributed by atoms with E-state index < -0.39 is 4.92 Å². The van der Waals surface area contributed by atoms with Gasteiger partial charge in [-0.25, -0.2) is 0 Å². The van der Waals surface area contributed by atoms with Gasteiger partial charge >= 0.3 is 0 Å². The van der Waals surface area contributed by atoms with Crippen LogP contribution in [0.25, 0.3) is 0 Å². The van der Waals surface area contributed by atoms with Gasteiger partial charge in [0.15, 0.2) is 11.5 Å². The number of nitrogens with zero attached hydrogens (tertiary/aromatic N) is 1. The number of ether oxygens (including phenoxy) is 3. The second-order valence-corrected chi connectivity index (χ2v) is 6.23. The summed E-state index contributed by atoms with van der Waals surface area (Å²) in [5.74, 6) is 0.916. The third-order valence-electron chi connectivity index (χ3n) is 3.89. The first-order valence-corrected chi connectivity index (χ1v) is 8.56. The number of hydrogen-bond acceptors (Lipinski definition) is 6. The van der Waals surface area contributed by atoms with Crippen molar-refractivity contribution in [2.24, 2.45) is 0 Å². The first-order chi connectivity index (χ1) is 13.0. The van der Waals surface area contributed by atoms with Gasteiger partial charge in [0.25, 0.3) is 5.69 Å². The maximum Gasteiger partial charge on any atom is 0.271 e. The fraction of sp³-hybridized carbons (Fsp3) is 0.278. The number of fused-ring (bicyclic) bond motifs is 1. The highest BCUT2D eigenvalue weighted by atomic mass is 35.5. The quantitative estimate of drug-likeness (QED) is 0.616. The van der Waals surface area contributed by atoms with Gasteiger partial charge in [0.2, 0.25) is 5.91 Å². The molecule has 0 atom stereocenters. The number of nitrogens with one attached hydrogen (secondary N) is 1. The van der Waals surface area contributed by atoms with Crippen molar-refractivity contribution >= 4 is 28.9 Å². The van der Waals surface area contributed by atoms with Gasteiger partial charge < -0.3 is 19.5 Å². The van der Waals surface area contributed by atoms with Crippen LogP contribution in [-0.4, -0.2) is 31.2 Å². The maximum absolute atomic E-state index is 12.4. The Bertz CT molecular complexity index is 886. The van der Waals surface area contributed by atoms with Crippen LogP contribution in [0, 0.1) is 10.1 Å². The summed E-state index contributed by atoms with van der Waals surface area (Å²) < 4.78 is 16.3. The highest BCUT2D eigenvalue weighted by Gasteiger charge is 2.18. The van der Waals surface area contributed by atoms with Crippen molar-refractivity contribution in [2.75, 3.05) is 25.6 Å². The third-order valence-corrected chi connectivity index (χ3v) is 4.18. The van der Waals surface area contributed by atoms with Crippen LogP contribution < -0.4 is 19.5 Å². The molecule has 1 aliphatic heterocycles. The number of carbonyl (C=O) groups is 1. The first-order valence-electron chi connectivity index (χ1n) is 8.18. The Morgan fingerprint density at radius 3 is 2.81 bits per heavy atom. The fourth-order valence-electron chi connectivity index (χ4n) is 2.67. The molecule has 0 spiro atoms. The van der Waals surface area contributed by atoms with Crippen molar-refractivity contribution in [2.45, 2.75) is 12.8 Å². The van der Waals surface area contributed by atoms with E-state index in [0.29, 0.717) is 41.0 Å². The molecule has 142 valence electrons. The summed E-state index contributed by atoms with van der Waals surface area (Å²) >= 11 is 6.24. The predicted octanol–water partition coefficient (Wildman–Crippen LogP) is 3.60. The average Bonchev–Trinajstić information content (AvgIpc) is 2.87. The van der Waals surface area contributed by atoms with Crippen LogP contribution in [0.3, 0.4) is 0 Å². The summed E-state index contributed by atoms with van der Waals surface area (Å²) in [5.41, 5.74) is 0.702. The molecule has 9 heteroatoms. The average molecular weight is 393 g/mol. The third kappa shape index (κ3) is 4.40. The number of carbonyl (C=O) groups excluding carboxylic acids is 1. The number of benzene rings is 2. The fourth-order valence-corrected chi connectivity index (χ4v) is 2.96. The Labute approximate surface area is 160 Å². The van der Waals surface area contributed by atoms with Crippen LogP contribution in [0.15, 0.2) is 30.3 Å². The number of rotatable bonds is 5. The van der Waals surface area contributed by atoms with Crippen LogP contribution in [0.5, 0.6) is 17.2 Å². The Hall–Kier alpha value is -3.00. The second kappa shape index (κ2) is 8.13. The zero-order valence-corrected chi connectivity index (χ0v) is 15.2. The number of methoxy groups -OCH3 is 1. The van der Waals surface area contributed by atoms with E-state index >= 15 is 0 Å². The normalized spacial score (nSPS) is 12.8. The molecule has 8 nitrogen and oxygen atoms in total. The van der Waals surface area contributed by atoms with Crippen molar-refractivity contribution in [3.05, 3.63) is 51.0 Å². The molecule has 0 unspecified atom stereocenters. The Morgan fingerprint density at radius 2 is 2.07 bits per heavy atom. The van der Waals surface area contributed by atoms with Crippen molar-refractivity contribution in [3.63, 3.8) is 0 Å². The predicted molar refractivity (Wildman–Crippen MR) is 99.0 cm³/mol. The topological polar surface area (TPSA) is 99.9 Å². The van der Waals surface area contributed by atoms with Crippen LogP contribution in [0.2, 0.25) is 5.02 Å². The number of nitro benzene ring substituents is 1. The molecular formula is C18H17ClN2O6.